The molecule has 0 aliphatic heterocycles. The van der Waals surface area contributed by atoms with E-state index in [0.29, 0.717) is 16.3 Å². The summed E-state index contributed by atoms with van der Waals surface area (Å²) in [6, 6.07) is 18.8. The van der Waals surface area contributed by atoms with Crippen LogP contribution in [0.15, 0.2) is 60.7 Å². The SMILES string of the molecule is Cc1ccc(Oc2nc3cc(-c4ccccc4)c(Cl)cc3[nH]2)cc1O[PH](=O)O. The molecule has 0 aliphatic carbocycles. The average molecular weight is 415 g/mol. The second-order valence-corrected chi connectivity index (χ2v) is 7.30. The number of halogens is 1. The number of H-pyrrole nitrogens is 1. The molecule has 2 N–H and O–H groups in total. The van der Waals surface area contributed by atoms with E-state index in [-0.39, 0.29) is 11.8 Å². The fraction of sp³-hybridized carbons (Fsp3) is 0.0500. The van der Waals surface area contributed by atoms with E-state index in [1.54, 1.807) is 31.2 Å². The van der Waals surface area contributed by atoms with Crippen molar-refractivity contribution in [2.45, 2.75) is 6.92 Å². The van der Waals surface area contributed by atoms with Gasteiger partial charge in [-0.05, 0) is 36.2 Å². The van der Waals surface area contributed by atoms with Gasteiger partial charge in [0.05, 0.1) is 16.1 Å². The number of hydrogen-bond donors (Lipinski definition) is 2. The van der Waals surface area contributed by atoms with Gasteiger partial charge in [0.15, 0.2) is 0 Å². The third kappa shape index (κ3) is 3.90. The van der Waals surface area contributed by atoms with Crippen LogP contribution >= 0.6 is 19.9 Å². The summed E-state index contributed by atoms with van der Waals surface area (Å²) in [7, 11) is -3.10. The third-order valence-corrected chi connectivity index (χ3v) is 4.91. The molecule has 28 heavy (non-hydrogen) atoms. The minimum absolute atomic E-state index is 0.280. The van der Waals surface area contributed by atoms with Crippen molar-refractivity contribution in [3.63, 3.8) is 0 Å². The average Bonchev–Trinajstić information content (AvgIpc) is 3.05. The Hall–Kier alpha value is -2.79. The molecule has 0 saturated heterocycles. The van der Waals surface area contributed by atoms with Gasteiger partial charge in [-0.1, -0.05) is 48.0 Å². The Kier molecular flexibility index (Phi) is 5.09. The lowest BCUT2D eigenvalue weighted by molar-refractivity contribution is 0.406. The van der Waals surface area contributed by atoms with Crippen LogP contribution in [0.4, 0.5) is 0 Å². The molecule has 8 heteroatoms. The Bertz CT molecular complexity index is 1180. The monoisotopic (exact) mass is 414 g/mol. The number of aryl methyl sites for hydroxylation is 1. The molecule has 1 aromatic heterocycles. The highest BCUT2D eigenvalue weighted by molar-refractivity contribution is 7.32. The van der Waals surface area contributed by atoms with Gasteiger partial charge in [0, 0.05) is 11.6 Å². The largest absolute Gasteiger partial charge is 0.426 e. The summed E-state index contributed by atoms with van der Waals surface area (Å²) in [6.45, 7) is 1.78. The standard InChI is InChI=1S/C20H16ClN2O4P/c1-12-7-8-14(9-19(12)27-28(24)25)26-20-22-17-10-15(13-5-3-2-4-6-13)16(21)11-18(17)23-20/h2-11,28H,1H3,(H,22,23)(H,24,25). The zero-order valence-corrected chi connectivity index (χ0v) is 16.5. The molecule has 3 aromatic carbocycles. The molecule has 4 rings (SSSR count). The number of nitrogens with zero attached hydrogens (tertiary/aromatic N) is 1. The van der Waals surface area contributed by atoms with E-state index in [0.717, 1.165) is 22.2 Å². The van der Waals surface area contributed by atoms with Crippen molar-refractivity contribution < 1.29 is 18.7 Å². The maximum Gasteiger partial charge on any atom is 0.365 e. The first-order valence-electron chi connectivity index (χ1n) is 8.43. The van der Waals surface area contributed by atoms with E-state index in [4.69, 9.17) is 25.8 Å². The summed E-state index contributed by atoms with van der Waals surface area (Å²) >= 11 is 6.44. The molecule has 0 radical (unpaired) electrons. The second kappa shape index (κ2) is 7.68. The molecule has 0 fully saturated rings. The van der Waals surface area contributed by atoms with Crippen LogP contribution in [0.1, 0.15) is 5.56 Å². The summed E-state index contributed by atoms with van der Waals surface area (Å²) in [5, 5.41) is 0.605. The molecule has 6 nitrogen and oxygen atoms in total. The number of aromatic amines is 1. The zero-order valence-electron chi connectivity index (χ0n) is 14.8. The molecule has 0 amide bonds. The first kappa shape index (κ1) is 18.6. The van der Waals surface area contributed by atoms with Crippen LogP contribution in [0, 0.1) is 6.92 Å². The Morgan fingerprint density at radius 1 is 1.11 bits per heavy atom. The molecule has 0 saturated carbocycles. The summed E-state index contributed by atoms with van der Waals surface area (Å²) in [5.74, 6) is 0.715. The first-order valence-corrected chi connectivity index (χ1v) is 10.1. The highest BCUT2D eigenvalue weighted by Gasteiger charge is 2.12. The van der Waals surface area contributed by atoms with Gasteiger partial charge in [-0.3, -0.25) is 0 Å². The smallest absolute Gasteiger partial charge is 0.365 e. The summed E-state index contributed by atoms with van der Waals surface area (Å²) in [5.41, 5.74) is 4.06. The number of aromatic nitrogens is 2. The van der Waals surface area contributed by atoms with E-state index in [2.05, 4.69) is 9.97 Å². The minimum Gasteiger partial charge on any atom is -0.426 e. The molecule has 1 unspecified atom stereocenters. The molecular formula is C20H16ClN2O4P. The van der Waals surface area contributed by atoms with Crippen LogP contribution in [0.2, 0.25) is 5.02 Å². The number of benzene rings is 3. The molecule has 1 heterocycles. The molecule has 0 spiro atoms. The molecule has 142 valence electrons. The van der Waals surface area contributed by atoms with Gasteiger partial charge in [-0.2, -0.15) is 4.98 Å². The van der Waals surface area contributed by atoms with Gasteiger partial charge >= 0.3 is 8.25 Å². The third-order valence-electron chi connectivity index (χ3n) is 4.21. The Morgan fingerprint density at radius 3 is 2.64 bits per heavy atom. The lowest BCUT2D eigenvalue weighted by Crippen LogP contribution is -1.89. The van der Waals surface area contributed by atoms with E-state index < -0.39 is 8.25 Å². The first-order chi connectivity index (χ1) is 13.5. The normalized spacial score (nSPS) is 12.1. The number of fused-ring (bicyclic) bond motifs is 1. The minimum atomic E-state index is -3.10. The van der Waals surface area contributed by atoms with Crippen molar-refractivity contribution in [3.8, 4) is 28.6 Å². The van der Waals surface area contributed by atoms with Crippen molar-refractivity contribution >= 4 is 30.9 Å². The van der Waals surface area contributed by atoms with E-state index in [1.807, 2.05) is 36.4 Å². The van der Waals surface area contributed by atoms with Crippen molar-refractivity contribution in [2.75, 3.05) is 0 Å². The molecule has 0 bridgehead atoms. The van der Waals surface area contributed by atoms with Crippen LogP contribution in [0.5, 0.6) is 17.5 Å². The summed E-state index contributed by atoms with van der Waals surface area (Å²) in [6.07, 6.45) is 0. The van der Waals surface area contributed by atoms with Crippen LogP contribution in [0.25, 0.3) is 22.2 Å². The van der Waals surface area contributed by atoms with Gasteiger partial charge in [0.2, 0.25) is 0 Å². The van der Waals surface area contributed by atoms with Gasteiger partial charge in [-0.15, -0.1) is 0 Å². The topological polar surface area (TPSA) is 84.4 Å². The zero-order chi connectivity index (χ0) is 19.7. The summed E-state index contributed by atoms with van der Waals surface area (Å²) < 4.78 is 21.7. The van der Waals surface area contributed by atoms with Crippen molar-refractivity contribution in [2.24, 2.45) is 0 Å². The molecule has 4 aromatic rings. The lowest BCUT2D eigenvalue weighted by Gasteiger charge is -2.08. The van der Waals surface area contributed by atoms with E-state index >= 15 is 0 Å². The van der Waals surface area contributed by atoms with Crippen molar-refractivity contribution in [1.29, 1.82) is 0 Å². The van der Waals surface area contributed by atoms with Crippen molar-refractivity contribution in [1.82, 2.24) is 9.97 Å². The molecular weight excluding hydrogens is 399 g/mol. The Balaban J connectivity index is 1.66. The predicted octanol–water partition coefficient (Wildman–Crippen LogP) is 5.74. The fourth-order valence-electron chi connectivity index (χ4n) is 2.85. The number of rotatable bonds is 5. The van der Waals surface area contributed by atoms with E-state index in [9.17, 15) is 4.57 Å². The van der Waals surface area contributed by atoms with Crippen molar-refractivity contribution in [3.05, 3.63) is 71.2 Å². The van der Waals surface area contributed by atoms with Crippen LogP contribution in [0.3, 0.4) is 0 Å². The van der Waals surface area contributed by atoms with Gasteiger partial charge < -0.3 is 19.1 Å². The van der Waals surface area contributed by atoms with E-state index in [1.165, 1.54) is 0 Å². The highest BCUT2D eigenvalue weighted by atomic mass is 35.5. The second-order valence-electron chi connectivity index (χ2n) is 6.15. The summed E-state index contributed by atoms with van der Waals surface area (Å²) in [4.78, 5) is 16.5. The van der Waals surface area contributed by atoms with Crippen LogP contribution < -0.4 is 9.26 Å². The van der Waals surface area contributed by atoms with Gasteiger partial charge in [-0.25, -0.2) is 4.57 Å². The highest BCUT2D eigenvalue weighted by Crippen LogP contribution is 2.34. The Morgan fingerprint density at radius 2 is 1.89 bits per heavy atom. The number of ether oxygens (including phenoxy) is 1. The molecule has 1 atom stereocenters. The van der Waals surface area contributed by atoms with Gasteiger partial charge in [0.25, 0.3) is 6.01 Å². The quantitative estimate of drug-likeness (QED) is 0.406. The maximum atomic E-state index is 11.0. The number of nitrogens with one attached hydrogen (secondary N) is 1. The maximum absolute atomic E-state index is 11.0. The van der Waals surface area contributed by atoms with Gasteiger partial charge in [0.1, 0.15) is 11.5 Å². The number of hydrogen-bond acceptors (Lipinski definition) is 4. The van der Waals surface area contributed by atoms with Crippen LogP contribution in [-0.2, 0) is 4.57 Å². The fourth-order valence-corrected chi connectivity index (χ4v) is 3.53. The number of imidazole rings is 1. The molecule has 0 aliphatic rings. The predicted molar refractivity (Wildman–Crippen MR) is 110 cm³/mol. The lowest BCUT2D eigenvalue weighted by atomic mass is 10.1. The van der Waals surface area contributed by atoms with Crippen LogP contribution in [-0.4, -0.2) is 14.9 Å². The Labute approximate surface area is 166 Å².